The Hall–Kier alpha value is -1.92. The van der Waals surface area contributed by atoms with E-state index in [9.17, 15) is 9.90 Å². The van der Waals surface area contributed by atoms with Gasteiger partial charge in [0.1, 0.15) is 12.2 Å². The van der Waals surface area contributed by atoms with Gasteiger partial charge in [-0.2, -0.15) is 0 Å². The summed E-state index contributed by atoms with van der Waals surface area (Å²) in [5.74, 6) is -0.670. The second-order valence-electron chi connectivity index (χ2n) is 4.77. The quantitative estimate of drug-likeness (QED) is 0.923. The van der Waals surface area contributed by atoms with Crippen molar-refractivity contribution in [1.29, 1.82) is 0 Å². The standard InChI is InChI=1S/C15H14ClNO4S/c1-20-13-10(16)7-11-14(12(13)15(18)19)21-5-4-17(11)8-9-3-2-6-22-9/h2-3,6-7H,4-5,8H2,1H3,(H,18,19). The van der Waals surface area contributed by atoms with Gasteiger partial charge in [0, 0.05) is 4.88 Å². The molecule has 2 heterocycles. The molecule has 1 aliphatic rings. The van der Waals surface area contributed by atoms with Gasteiger partial charge in [-0.3, -0.25) is 0 Å². The highest BCUT2D eigenvalue weighted by molar-refractivity contribution is 7.09. The molecule has 5 nitrogen and oxygen atoms in total. The van der Waals surface area contributed by atoms with Crippen molar-refractivity contribution in [2.75, 3.05) is 25.2 Å². The number of thiophene rings is 1. The summed E-state index contributed by atoms with van der Waals surface area (Å²) in [6.45, 7) is 1.78. The molecule has 0 radical (unpaired) electrons. The molecule has 0 spiro atoms. The van der Waals surface area contributed by atoms with E-state index in [4.69, 9.17) is 21.1 Å². The van der Waals surface area contributed by atoms with E-state index in [0.29, 0.717) is 31.1 Å². The summed E-state index contributed by atoms with van der Waals surface area (Å²) in [5.41, 5.74) is 0.656. The summed E-state index contributed by atoms with van der Waals surface area (Å²) >= 11 is 7.85. The number of halogens is 1. The highest BCUT2D eigenvalue weighted by Crippen LogP contribution is 2.45. The van der Waals surface area contributed by atoms with E-state index in [2.05, 4.69) is 4.90 Å². The van der Waals surface area contributed by atoms with Crippen LogP contribution in [-0.2, 0) is 6.54 Å². The van der Waals surface area contributed by atoms with Crippen LogP contribution in [0.3, 0.4) is 0 Å². The first-order valence-electron chi connectivity index (χ1n) is 6.65. The molecule has 7 heteroatoms. The number of hydrogen-bond donors (Lipinski definition) is 1. The molecule has 0 unspecified atom stereocenters. The van der Waals surface area contributed by atoms with Gasteiger partial charge in [-0.1, -0.05) is 17.7 Å². The van der Waals surface area contributed by atoms with E-state index >= 15 is 0 Å². The lowest BCUT2D eigenvalue weighted by Crippen LogP contribution is -2.32. The van der Waals surface area contributed by atoms with Crippen LogP contribution in [-0.4, -0.2) is 31.3 Å². The van der Waals surface area contributed by atoms with E-state index in [1.165, 1.54) is 12.0 Å². The SMILES string of the molecule is COc1c(Cl)cc2c(c1C(=O)O)OCCN2Cc1cccs1. The number of hydrogen-bond acceptors (Lipinski definition) is 5. The van der Waals surface area contributed by atoms with Crippen molar-refractivity contribution in [2.24, 2.45) is 0 Å². The van der Waals surface area contributed by atoms with Crippen molar-refractivity contribution >= 4 is 34.6 Å². The van der Waals surface area contributed by atoms with Crippen LogP contribution >= 0.6 is 22.9 Å². The first kappa shape index (κ1) is 15.0. The third-order valence-corrected chi connectivity index (χ3v) is 4.60. The Morgan fingerprint density at radius 2 is 2.41 bits per heavy atom. The number of anilines is 1. The molecule has 116 valence electrons. The van der Waals surface area contributed by atoms with Crippen molar-refractivity contribution in [3.8, 4) is 11.5 Å². The van der Waals surface area contributed by atoms with Crippen molar-refractivity contribution in [2.45, 2.75) is 6.54 Å². The van der Waals surface area contributed by atoms with Crippen LogP contribution in [0.1, 0.15) is 15.2 Å². The lowest BCUT2D eigenvalue weighted by Gasteiger charge is -2.32. The van der Waals surface area contributed by atoms with E-state index in [1.54, 1.807) is 17.4 Å². The van der Waals surface area contributed by atoms with Gasteiger partial charge in [0.2, 0.25) is 0 Å². The predicted molar refractivity (Wildman–Crippen MR) is 85.8 cm³/mol. The third-order valence-electron chi connectivity index (χ3n) is 3.46. The average molecular weight is 340 g/mol. The fourth-order valence-corrected chi connectivity index (χ4v) is 3.50. The fourth-order valence-electron chi connectivity index (χ4n) is 2.51. The fraction of sp³-hybridized carbons (Fsp3) is 0.267. The zero-order chi connectivity index (χ0) is 15.7. The molecule has 22 heavy (non-hydrogen) atoms. The summed E-state index contributed by atoms with van der Waals surface area (Å²) in [7, 11) is 1.40. The zero-order valence-corrected chi connectivity index (χ0v) is 13.4. The number of benzene rings is 1. The van der Waals surface area contributed by atoms with Gasteiger partial charge in [0.25, 0.3) is 0 Å². The monoisotopic (exact) mass is 339 g/mol. The second-order valence-corrected chi connectivity index (χ2v) is 6.21. The maximum atomic E-state index is 11.6. The molecule has 0 fully saturated rings. The molecule has 1 aromatic carbocycles. The van der Waals surface area contributed by atoms with Gasteiger partial charge in [0.15, 0.2) is 11.5 Å². The molecular weight excluding hydrogens is 326 g/mol. The van der Waals surface area contributed by atoms with Crippen LogP contribution in [0.2, 0.25) is 5.02 Å². The van der Waals surface area contributed by atoms with Crippen LogP contribution in [0.5, 0.6) is 11.5 Å². The lowest BCUT2D eigenvalue weighted by atomic mass is 10.1. The van der Waals surface area contributed by atoms with Gasteiger partial charge in [-0.15, -0.1) is 11.3 Å². The molecule has 0 saturated carbocycles. The number of methoxy groups -OCH3 is 1. The normalized spacial score (nSPS) is 13.5. The largest absolute Gasteiger partial charge is 0.494 e. The molecule has 0 aliphatic carbocycles. The zero-order valence-electron chi connectivity index (χ0n) is 11.8. The minimum atomic E-state index is -1.12. The van der Waals surface area contributed by atoms with Crippen molar-refractivity contribution in [3.05, 3.63) is 39.0 Å². The topological polar surface area (TPSA) is 59.0 Å². The van der Waals surface area contributed by atoms with Crippen LogP contribution in [0, 0.1) is 0 Å². The van der Waals surface area contributed by atoms with Crippen molar-refractivity contribution in [3.63, 3.8) is 0 Å². The highest BCUT2D eigenvalue weighted by atomic mass is 35.5. The van der Waals surface area contributed by atoms with Gasteiger partial charge >= 0.3 is 5.97 Å². The van der Waals surface area contributed by atoms with Crippen molar-refractivity contribution < 1.29 is 19.4 Å². The Bertz CT molecular complexity index is 702. The molecule has 0 bridgehead atoms. The molecule has 1 aliphatic heterocycles. The minimum Gasteiger partial charge on any atom is -0.494 e. The van der Waals surface area contributed by atoms with E-state index in [0.717, 1.165) is 0 Å². The molecule has 0 atom stereocenters. The summed E-state index contributed by atoms with van der Waals surface area (Å²) in [4.78, 5) is 14.9. The number of ether oxygens (including phenoxy) is 2. The van der Waals surface area contributed by atoms with E-state index < -0.39 is 5.97 Å². The Balaban J connectivity index is 2.08. The van der Waals surface area contributed by atoms with Gasteiger partial charge in [0.05, 0.1) is 30.9 Å². The molecule has 0 amide bonds. The maximum Gasteiger partial charge on any atom is 0.343 e. The van der Waals surface area contributed by atoms with Crippen LogP contribution in [0.25, 0.3) is 0 Å². The van der Waals surface area contributed by atoms with Gasteiger partial charge < -0.3 is 19.5 Å². The second kappa shape index (κ2) is 6.06. The van der Waals surface area contributed by atoms with E-state index in [1.807, 2.05) is 17.5 Å². The van der Waals surface area contributed by atoms with E-state index in [-0.39, 0.29) is 16.3 Å². The average Bonchev–Trinajstić information content (AvgIpc) is 2.99. The number of carbonyl (C=O) groups is 1. The smallest absolute Gasteiger partial charge is 0.343 e. The maximum absolute atomic E-state index is 11.6. The first-order valence-corrected chi connectivity index (χ1v) is 7.91. The Morgan fingerprint density at radius 3 is 3.05 bits per heavy atom. The van der Waals surface area contributed by atoms with Crippen LogP contribution in [0.15, 0.2) is 23.6 Å². The molecule has 0 saturated heterocycles. The van der Waals surface area contributed by atoms with Crippen molar-refractivity contribution in [1.82, 2.24) is 0 Å². The summed E-state index contributed by atoms with van der Waals surface area (Å²) in [6, 6.07) is 5.74. The van der Waals surface area contributed by atoms with Crippen LogP contribution in [0.4, 0.5) is 5.69 Å². The summed E-state index contributed by atoms with van der Waals surface area (Å²) in [6.07, 6.45) is 0. The first-order chi connectivity index (χ1) is 10.6. The molecular formula is C15H14ClNO4S. The Labute approximate surface area is 136 Å². The van der Waals surface area contributed by atoms with Crippen LogP contribution < -0.4 is 14.4 Å². The molecule has 1 N–H and O–H groups in total. The molecule has 3 rings (SSSR count). The number of carboxylic acid groups (broad SMARTS) is 1. The number of carboxylic acids is 1. The number of rotatable bonds is 4. The Morgan fingerprint density at radius 1 is 1.59 bits per heavy atom. The summed E-state index contributed by atoms with van der Waals surface area (Å²) < 4.78 is 10.7. The molecule has 1 aromatic heterocycles. The predicted octanol–water partition coefficient (Wildman–Crippen LogP) is 3.51. The molecule has 2 aromatic rings. The Kier molecular flexibility index (Phi) is 4.13. The lowest BCUT2D eigenvalue weighted by molar-refractivity contribution is 0.0688. The summed E-state index contributed by atoms with van der Waals surface area (Å²) in [5, 5.41) is 11.8. The number of nitrogens with zero attached hydrogens (tertiary/aromatic N) is 1. The number of aromatic carboxylic acids is 1. The highest BCUT2D eigenvalue weighted by Gasteiger charge is 2.29. The third kappa shape index (κ3) is 2.60. The minimum absolute atomic E-state index is 0.0270. The van der Waals surface area contributed by atoms with Gasteiger partial charge in [-0.05, 0) is 17.5 Å². The number of fused-ring (bicyclic) bond motifs is 1. The van der Waals surface area contributed by atoms with Gasteiger partial charge in [-0.25, -0.2) is 4.79 Å².